The van der Waals surface area contributed by atoms with Crippen molar-refractivity contribution in [1.82, 2.24) is 9.88 Å². The molecule has 0 saturated carbocycles. The quantitative estimate of drug-likeness (QED) is 0.781. The zero-order valence-electron chi connectivity index (χ0n) is 13.7. The molecule has 0 atom stereocenters. The molecule has 3 heteroatoms. The van der Waals surface area contributed by atoms with Crippen LogP contribution in [-0.4, -0.2) is 44.1 Å². The van der Waals surface area contributed by atoms with Crippen LogP contribution in [0.15, 0.2) is 54.7 Å². The molecule has 3 nitrogen and oxygen atoms in total. The van der Waals surface area contributed by atoms with Gasteiger partial charge in [0.25, 0.3) is 0 Å². The molecule has 0 aliphatic carbocycles. The normalized spacial score (nSPS) is 11.3. The van der Waals surface area contributed by atoms with E-state index in [1.807, 2.05) is 18.3 Å². The van der Waals surface area contributed by atoms with E-state index in [0.29, 0.717) is 0 Å². The van der Waals surface area contributed by atoms with Gasteiger partial charge in [-0.25, -0.2) is 0 Å². The summed E-state index contributed by atoms with van der Waals surface area (Å²) in [6.07, 6.45) is 7.23. The maximum absolute atomic E-state index is 4.35. The first kappa shape index (κ1) is 16.2. The number of nitrogens with zero attached hydrogens (tertiary/aromatic N) is 3. The van der Waals surface area contributed by atoms with Crippen molar-refractivity contribution in [3.63, 3.8) is 0 Å². The van der Waals surface area contributed by atoms with Gasteiger partial charge < -0.3 is 9.80 Å². The molecule has 22 heavy (non-hydrogen) atoms. The highest BCUT2D eigenvalue weighted by molar-refractivity contribution is 5.55. The molecule has 1 aromatic carbocycles. The van der Waals surface area contributed by atoms with Crippen LogP contribution in [0.3, 0.4) is 0 Å². The smallest absolute Gasteiger partial charge is 0.0416 e. The molecule has 1 heterocycles. The van der Waals surface area contributed by atoms with Crippen molar-refractivity contribution in [3.05, 3.63) is 66.0 Å². The van der Waals surface area contributed by atoms with E-state index in [9.17, 15) is 0 Å². The van der Waals surface area contributed by atoms with Crippen LogP contribution < -0.4 is 4.90 Å². The summed E-state index contributed by atoms with van der Waals surface area (Å²) >= 11 is 0. The van der Waals surface area contributed by atoms with E-state index in [1.165, 1.54) is 11.3 Å². The van der Waals surface area contributed by atoms with Crippen LogP contribution in [0.2, 0.25) is 0 Å². The van der Waals surface area contributed by atoms with Crippen LogP contribution in [-0.2, 0) is 6.42 Å². The zero-order chi connectivity index (χ0) is 15.8. The lowest BCUT2D eigenvalue weighted by Gasteiger charge is -2.14. The summed E-state index contributed by atoms with van der Waals surface area (Å²) in [6, 6.07) is 14.7. The van der Waals surface area contributed by atoms with Crippen LogP contribution >= 0.6 is 0 Å². The summed E-state index contributed by atoms with van der Waals surface area (Å²) in [7, 11) is 6.26. The summed E-state index contributed by atoms with van der Waals surface area (Å²) in [5.74, 6) is 0. The minimum absolute atomic E-state index is 0.947. The average Bonchev–Trinajstić information content (AvgIpc) is 2.54. The fourth-order valence-electron chi connectivity index (χ4n) is 2.20. The van der Waals surface area contributed by atoms with Crippen molar-refractivity contribution in [2.24, 2.45) is 0 Å². The van der Waals surface area contributed by atoms with Gasteiger partial charge in [-0.05, 0) is 36.9 Å². The van der Waals surface area contributed by atoms with Crippen LogP contribution in [0, 0.1) is 0 Å². The Balaban J connectivity index is 1.76. The Morgan fingerprint density at radius 1 is 1.00 bits per heavy atom. The maximum Gasteiger partial charge on any atom is 0.0416 e. The molecule has 0 bridgehead atoms. The van der Waals surface area contributed by atoms with Crippen LogP contribution in [0.25, 0.3) is 6.08 Å². The lowest BCUT2D eigenvalue weighted by molar-refractivity contribution is 0.374. The van der Waals surface area contributed by atoms with Gasteiger partial charge in [-0.15, -0.1) is 0 Å². The van der Waals surface area contributed by atoms with Crippen LogP contribution in [0.5, 0.6) is 0 Å². The Morgan fingerprint density at radius 2 is 1.77 bits per heavy atom. The van der Waals surface area contributed by atoms with Crippen molar-refractivity contribution in [2.75, 3.05) is 39.1 Å². The number of pyridine rings is 1. The van der Waals surface area contributed by atoms with E-state index in [-0.39, 0.29) is 0 Å². The maximum atomic E-state index is 4.35. The second-order valence-electron chi connectivity index (χ2n) is 5.72. The molecule has 0 aliphatic heterocycles. The van der Waals surface area contributed by atoms with Gasteiger partial charge in [-0.1, -0.05) is 30.4 Å². The number of anilines is 1. The predicted octanol–water partition coefficient (Wildman–Crippen LogP) is 3.34. The first-order valence-electron chi connectivity index (χ1n) is 7.67. The Bertz CT molecular complexity index is 573. The highest BCUT2D eigenvalue weighted by Crippen LogP contribution is 2.13. The van der Waals surface area contributed by atoms with Crippen molar-refractivity contribution in [1.29, 1.82) is 0 Å². The van der Waals surface area contributed by atoms with Gasteiger partial charge in [0, 0.05) is 51.2 Å². The molecule has 0 amide bonds. The standard InChI is InChI=1S/C19H25N3/c1-21(2)19-11-9-17(10-12-19)7-6-15-22(3)16-13-18-8-4-5-14-20-18/h4-12,14H,13,15-16H2,1-3H3. The molecule has 0 fully saturated rings. The molecule has 0 spiro atoms. The molecular formula is C19H25N3. The Labute approximate surface area is 133 Å². The number of rotatable bonds is 7. The molecule has 0 unspecified atom stereocenters. The van der Waals surface area contributed by atoms with E-state index in [1.54, 1.807) is 0 Å². The van der Waals surface area contributed by atoms with E-state index in [4.69, 9.17) is 0 Å². The Morgan fingerprint density at radius 3 is 2.41 bits per heavy atom. The predicted molar refractivity (Wildman–Crippen MR) is 95.2 cm³/mol. The molecule has 0 aliphatic rings. The summed E-state index contributed by atoms with van der Waals surface area (Å²) in [6.45, 7) is 1.96. The van der Waals surface area contributed by atoms with Gasteiger partial charge in [0.15, 0.2) is 0 Å². The third-order valence-electron chi connectivity index (χ3n) is 3.61. The minimum Gasteiger partial charge on any atom is -0.378 e. The van der Waals surface area contributed by atoms with Crippen molar-refractivity contribution >= 4 is 11.8 Å². The minimum atomic E-state index is 0.947. The number of hydrogen-bond donors (Lipinski definition) is 0. The van der Waals surface area contributed by atoms with Gasteiger partial charge in [0.05, 0.1) is 0 Å². The fourth-order valence-corrected chi connectivity index (χ4v) is 2.20. The lowest BCUT2D eigenvalue weighted by Crippen LogP contribution is -2.21. The van der Waals surface area contributed by atoms with Crippen molar-refractivity contribution in [2.45, 2.75) is 6.42 Å². The first-order chi connectivity index (χ1) is 10.6. The lowest BCUT2D eigenvalue weighted by atomic mass is 10.2. The second kappa shape index (κ2) is 8.35. The third kappa shape index (κ3) is 5.34. The monoisotopic (exact) mass is 295 g/mol. The first-order valence-corrected chi connectivity index (χ1v) is 7.67. The Kier molecular flexibility index (Phi) is 6.16. The van der Waals surface area contributed by atoms with E-state index < -0.39 is 0 Å². The van der Waals surface area contributed by atoms with Crippen molar-refractivity contribution < 1.29 is 0 Å². The van der Waals surface area contributed by atoms with Gasteiger partial charge in [-0.2, -0.15) is 0 Å². The zero-order valence-corrected chi connectivity index (χ0v) is 13.7. The highest BCUT2D eigenvalue weighted by atomic mass is 15.1. The third-order valence-corrected chi connectivity index (χ3v) is 3.61. The van der Waals surface area contributed by atoms with Crippen LogP contribution in [0.4, 0.5) is 5.69 Å². The average molecular weight is 295 g/mol. The molecule has 116 valence electrons. The highest BCUT2D eigenvalue weighted by Gasteiger charge is 1.98. The molecular weight excluding hydrogens is 270 g/mol. The molecule has 2 aromatic rings. The van der Waals surface area contributed by atoms with Crippen LogP contribution in [0.1, 0.15) is 11.3 Å². The van der Waals surface area contributed by atoms with E-state index in [2.05, 4.69) is 78.4 Å². The van der Waals surface area contributed by atoms with Crippen molar-refractivity contribution in [3.8, 4) is 0 Å². The molecule has 1 aromatic heterocycles. The fraction of sp³-hybridized carbons (Fsp3) is 0.316. The largest absolute Gasteiger partial charge is 0.378 e. The van der Waals surface area contributed by atoms with E-state index in [0.717, 1.165) is 25.2 Å². The number of hydrogen-bond acceptors (Lipinski definition) is 3. The summed E-state index contributed by atoms with van der Waals surface area (Å²) in [4.78, 5) is 8.77. The van der Waals surface area contributed by atoms with Gasteiger partial charge in [0.2, 0.25) is 0 Å². The topological polar surface area (TPSA) is 19.4 Å². The number of likely N-dealkylation sites (N-methyl/N-ethyl adjacent to an activating group) is 1. The Hall–Kier alpha value is -2.13. The number of aromatic nitrogens is 1. The molecule has 0 radical (unpaired) electrons. The van der Waals surface area contributed by atoms with Gasteiger partial charge >= 0.3 is 0 Å². The van der Waals surface area contributed by atoms with E-state index >= 15 is 0 Å². The molecule has 2 rings (SSSR count). The summed E-state index contributed by atoms with van der Waals surface area (Å²) < 4.78 is 0. The SMILES string of the molecule is CN(CC=Cc1ccc(N(C)C)cc1)CCc1ccccn1. The van der Waals surface area contributed by atoms with Gasteiger partial charge in [-0.3, -0.25) is 4.98 Å². The molecule has 0 N–H and O–H groups in total. The number of benzene rings is 1. The summed E-state index contributed by atoms with van der Waals surface area (Å²) in [5.41, 5.74) is 3.62. The molecule has 0 saturated heterocycles. The summed E-state index contributed by atoms with van der Waals surface area (Å²) in [5, 5.41) is 0. The van der Waals surface area contributed by atoms with Gasteiger partial charge in [0.1, 0.15) is 0 Å². The second-order valence-corrected chi connectivity index (χ2v) is 5.72.